The van der Waals surface area contributed by atoms with Gasteiger partial charge in [0.2, 0.25) is 0 Å². The normalized spacial score (nSPS) is 12.2. The first-order chi connectivity index (χ1) is 9.58. The Morgan fingerprint density at radius 3 is 1.95 bits per heavy atom. The summed E-state index contributed by atoms with van der Waals surface area (Å²) in [5.74, 6) is 0.587. The molecule has 0 aliphatic rings. The van der Waals surface area contributed by atoms with E-state index < -0.39 is 0 Å². The highest BCUT2D eigenvalue weighted by Gasteiger charge is 2.17. The van der Waals surface area contributed by atoms with Gasteiger partial charge >= 0.3 is 5.97 Å². The standard InChI is InChI=1S/C18H20O2/c1-13(2)15-9-11-16(12-10-15)14(3)18(19)20-17-7-5-4-6-8-17/h4-14H,1-3H3. The van der Waals surface area contributed by atoms with Crippen LogP contribution >= 0.6 is 0 Å². The lowest BCUT2D eigenvalue weighted by Gasteiger charge is -2.13. The molecule has 104 valence electrons. The fraction of sp³-hybridized carbons (Fsp3) is 0.278. The van der Waals surface area contributed by atoms with Crippen LogP contribution in [0.2, 0.25) is 0 Å². The zero-order valence-corrected chi connectivity index (χ0v) is 12.2. The topological polar surface area (TPSA) is 26.3 Å². The molecule has 1 atom stereocenters. The van der Waals surface area contributed by atoms with Crippen molar-refractivity contribution in [3.8, 4) is 5.75 Å². The lowest BCUT2D eigenvalue weighted by molar-refractivity contribution is -0.135. The molecule has 0 heterocycles. The summed E-state index contributed by atoms with van der Waals surface area (Å²) < 4.78 is 5.37. The highest BCUT2D eigenvalue weighted by atomic mass is 16.5. The first-order valence-corrected chi connectivity index (χ1v) is 6.94. The number of benzene rings is 2. The van der Waals surface area contributed by atoms with E-state index in [1.165, 1.54) is 5.56 Å². The minimum absolute atomic E-state index is 0.228. The van der Waals surface area contributed by atoms with Gasteiger partial charge in [0.05, 0.1) is 5.92 Å². The van der Waals surface area contributed by atoms with Crippen LogP contribution in [0, 0.1) is 0 Å². The molecule has 0 aliphatic carbocycles. The minimum Gasteiger partial charge on any atom is -0.426 e. The summed E-state index contributed by atoms with van der Waals surface area (Å²) in [6.45, 7) is 6.18. The number of hydrogen-bond donors (Lipinski definition) is 0. The lowest BCUT2D eigenvalue weighted by Crippen LogP contribution is -2.16. The highest BCUT2D eigenvalue weighted by Crippen LogP contribution is 2.22. The number of esters is 1. The van der Waals surface area contributed by atoms with Crippen molar-refractivity contribution in [2.24, 2.45) is 0 Å². The first-order valence-electron chi connectivity index (χ1n) is 6.94. The van der Waals surface area contributed by atoms with Crippen molar-refractivity contribution in [3.63, 3.8) is 0 Å². The number of hydrogen-bond acceptors (Lipinski definition) is 2. The Hall–Kier alpha value is -2.09. The van der Waals surface area contributed by atoms with Crippen LogP contribution in [0.1, 0.15) is 43.7 Å². The van der Waals surface area contributed by atoms with E-state index in [1.807, 2.05) is 37.3 Å². The summed E-state index contributed by atoms with van der Waals surface area (Å²) in [5, 5.41) is 0. The second kappa shape index (κ2) is 6.38. The Bertz CT molecular complexity index is 556. The molecule has 0 aromatic heterocycles. The van der Waals surface area contributed by atoms with Crippen LogP contribution in [-0.2, 0) is 4.79 Å². The van der Waals surface area contributed by atoms with Gasteiger partial charge < -0.3 is 4.74 Å². The monoisotopic (exact) mass is 268 g/mol. The Balaban J connectivity index is 2.06. The van der Waals surface area contributed by atoms with Crippen molar-refractivity contribution < 1.29 is 9.53 Å². The molecule has 0 N–H and O–H groups in total. The maximum atomic E-state index is 12.1. The molecule has 2 heteroatoms. The van der Waals surface area contributed by atoms with Crippen molar-refractivity contribution >= 4 is 5.97 Å². The average molecular weight is 268 g/mol. The third-order valence-electron chi connectivity index (χ3n) is 3.42. The maximum Gasteiger partial charge on any atom is 0.318 e. The highest BCUT2D eigenvalue weighted by molar-refractivity contribution is 5.79. The van der Waals surface area contributed by atoms with Gasteiger partial charge in [-0.2, -0.15) is 0 Å². The summed E-state index contributed by atoms with van der Waals surface area (Å²) in [5.41, 5.74) is 2.26. The second-order valence-electron chi connectivity index (χ2n) is 5.28. The van der Waals surface area contributed by atoms with E-state index in [0.717, 1.165) is 5.56 Å². The van der Waals surface area contributed by atoms with Crippen LogP contribution < -0.4 is 4.74 Å². The smallest absolute Gasteiger partial charge is 0.318 e. The zero-order chi connectivity index (χ0) is 14.5. The number of ether oxygens (including phenoxy) is 1. The predicted molar refractivity (Wildman–Crippen MR) is 81.0 cm³/mol. The summed E-state index contributed by atoms with van der Waals surface area (Å²) in [4.78, 5) is 12.1. The molecule has 0 saturated carbocycles. The summed E-state index contributed by atoms with van der Waals surface area (Å²) in [7, 11) is 0. The second-order valence-corrected chi connectivity index (χ2v) is 5.28. The van der Waals surface area contributed by atoms with E-state index in [1.54, 1.807) is 12.1 Å². The van der Waals surface area contributed by atoms with Crippen molar-refractivity contribution in [1.82, 2.24) is 0 Å². The predicted octanol–water partition coefficient (Wildman–Crippen LogP) is 4.52. The Kier molecular flexibility index (Phi) is 4.57. The van der Waals surface area contributed by atoms with Gasteiger partial charge in [0, 0.05) is 0 Å². The largest absolute Gasteiger partial charge is 0.426 e. The van der Waals surface area contributed by atoms with Crippen LogP contribution in [0.25, 0.3) is 0 Å². The SMILES string of the molecule is CC(C)c1ccc(C(C)C(=O)Oc2ccccc2)cc1. The molecule has 0 radical (unpaired) electrons. The maximum absolute atomic E-state index is 12.1. The number of carbonyl (C=O) groups is 1. The molecule has 1 unspecified atom stereocenters. The molecular weight excluding hydrogens is 248 g/mol. The molecule has 2 aromatic rings. The molecular formula is C18H20O2. The zero-order valence-electron chi connectivity index (χ0n) is 12.2. The van der Waals surface area contributed by atoms with Gasteiger partial charge in [-0.05, 0) is 36.1 Å². The molecule has 2 aromatic carbocycles. The fourth-order valence-corrected chi connectivity index (χ4v) is 2.00. The van der Waals surface area contributed by atoms with Gasteiger partial charge in [0.25, 0.3) is 0 Å². The van der Waals surface area contributed by atoms with Gasteiger partial charge in [0.15, 0.2) is 0 Å². The summed E-state index contributed by atoms with van der Waals surface area (Å²) >= 11 is 0. The third kappa shape index (κ3) is 3.47. The summed E-state index contributed by atoms with van der Waals surface area (Å²) in [6, 6.07) is 17.3. The third-order valence-corrected chi connectivity index (χ3v) is 3.42. The molecule has 0 aliphatic heterocycles. The van der Waals surface area contributed by atoms with E-state index in [-0.39, 0.29) is 11.9 Å². The van der Waals surface area contributed by atoms with Gasteiger partial charge in [-0.3, -0.25) is 4.79 Å². The molecule has 0 fully saturated rings. The van der Waals surface area contributed by atoms with Gasteiger partial charge in [-0.1, -0.05) is 56.3 Å². The first kappa shape index (κ1) is 14.3. The molecule has 2 rings (SSSR count). The molecule has 0 saturated heterocycles. The van der Waals surface area contributed by atoms with Gasteiger partial charge in [-0.15, -0.1) is 0 Å². The van der Waals surface area contributed by atoms with E-state index in [2.05, 4.69) is 26.0 Å². The summed E-state index contributed by atoms with van der Waals surface area (Å²) in [6.07, 6.45) is 0. The fourth-order valence-electron chi connectivity index (χ4n) is 2.00. The average Bonchev–Trinajstić information content (AvgIpc) is 2.47. The van der Waals surface area contributed by atoms with E-state index in [0.29, 0.717) is 11.7 Å². The van der Waals surface area contributed by atoms with Crippen molar-refractivity contribution in [2.75, 3.05) is 0 Å². The van der Waals surface area contributed by atoms with Crippen LogP contribution in [0.15, 0.2) is 54.6 Å². The lowest BCUT2D eigenvalue weighted by atomic mass is 9.96. The Labute approximate surface area is 120 Å². The van der Waals surface area contributed by atoms with Crippen molar-refractivity contribution in [3.05, 3.63) is 65.7 Å². The van der Waals surface area contributed by atoms with Crippen LogP contribution in [0.5, 0.6) is 5.75 Å². The van der Waals surface area contributed by atoms with Crippen molar-refractivity contribution in [1.29, 1.82) is 0 Å². The van der Waals surface area contributed by atoms with E-state index in [9.17, 15) is 4.79 Å². The number of para-hydroxylation sites is 1. The van der Waals surface area contributed by atoms with E-state index in [4.69, 9.17) is 4.74 Å². The molecule has 20 heavy (non-hydrogen) atoms. The minimum atomic E-state index is -0.267. The molecule has 0 amide bonds. The van der Waals surface area contributed by atoms with Crippen LogP contribution in [0.4, 0.5) is 0 Å². The molecule has 2 nitrogen and oxygen atoms in total. The van der Waals surface area contributed by atoms with Gasteiger partial charge in [0.1, 0.15) is 5.75 Å². The Morgan fingerprint density at radius 2 is 1.40 bits per heavy atom. The molecule has 0 spiro atoms. The molecule has 0 bridgehead atoms. The van der Waals surface area contributed by atoms with E-state index >= 15 is 0 Å². The number of rotatable bonds is 4. The quantitative estimate of drug-likeness (QED) is 0.602. The van der Waals surface area contributed by atoms with Crippen LogP contribution in [0.3, 0.4) is 0 Å². The number of carbonyl (C=O) groups excluding carboxylic acids is 1. The van der Waals surface area contributed by atoms with Crippen LogP contribution in [-0.4, -0.2) is 5.97 Å². The Morgan fingerprint density at radius 1 is 0.850 bits per heavy atom. The van der Waals surface area contributed by atoms with Gasteiger partial charge in [-0.25, -0.2) is 0 Å². The van der Waals surface area contributed by atoms with Crippen molar-refractivity contribution in [2.45, 2.75) is 32.6 Å².